The quantitative estimate of drug-likeness (QED) is 0.734. The molecule has 3 rings (SSSR count). The van der Waals surface area contributed by atoms with Crippen molar-refractivity contribution in [1.82, 2.24) is 9.97 Å². The first kappa shape index (κ1) is 17.0. The third-order valence-corrected chi connectivity index (χ3v) is 3.68. The van der Waals surface area contributed by atoms with Crippen LogP contribution >= 0.6 is 11.6 Å². The van der Waals surface area contributed by atoms with Crippen LogP contribution in [0.15, 0.2) is 47.0 Å². The smallest absolute Gasteiger partial charge is 0.275 e. The molecular formula is C18H16ClN3O3. The maximum atomic E-state index is 12.4. The molecule has 128 valence electrons. The highest BCUT2D eigenvalue weighted by atomic mass is 35.5. The summed E-state index contributed by atoms with van der Waals surface area (Å²) in [4.78, 5) is 20.6. The molecule has 0 saturated heterocycles. The van der Waals surface area contributed by atoms with Gasteiger partial charge in [0.15, 0.2) is 17.3 Å². The number of carbonyl (C=O) groups excluding carboxylic acids is 1. The van der Waals surface area contributed by atoms with Crippen molar-refractivity contribution in [1.29, 1.82) is 0 Å². The number of nitrogens with zero attached hydrogens (tertiary/aromatic N) is 2. The molecule has 3 aromatic rings. The highest BCUT2D eigenvalue weighted by Gasteiger charge is 2.14. The zero-order valence-electron chi connectivity index (χ0n) is 13.7. The Kier molecular flexibility index (Phi) is 5.00. The Morgan fingerprint density at radius 3 is 2.64 bits per heavy atom. The summed E-state index contributed by atoms with van der Waals surface area (Å²) in [5.41, 5.74) is 1.60. The van der Waals surface area contributed by atoms with Gasteiger partial charge in [0.25, 0.3) is 5.91 Å². The van der Waals surface area contributed by atoms with Crippen LogP contribution in [0.2, 0.25) is 5.02 Å². The van der Waals surface area contributed by atoms with E-state index in [2.05, 4.69) is 15.3 Å². The average Bonchev–Trinajstić information content (AvgIpc) is 3.04. The summed E-state index contributed by atoms with van der Waals surface area (Å²) in [7, 11) is 0. The second kappa shape index (κ2) is 7.36. The minimum absolute atomic E-state index is 0.113. The largest absolute Gasteiger partial charge is 0.478 e. The summed E-state index contributed by atoms with van der Waals surface area (Å²) >= 11 is 6.07. The fourth-order valence-electron chi connectivity index (χ4n) is 2.21. The normalized spacial score (nSPS) is 10.5. The molecule has 0 bridgehead atoms. The molecular weight excluding hydrogens is 342 g/mol. The van der Waals surface area contributed by atoms with E-state index in [0.717, 1.165) is 5.56 Å². The van der Waals surface area contributed by atoms with Crippen molar-refractivity contribution in [3.05, 3.63) is 59.2 Å². The Hall–Kier alpha value is -2.86. The Bertz CT molecular complexity index is 891. The van der Waals surface area contributed by atoms with Gasteiger partial charge in [0.05, 0.1) is 17.8 Å². The number of benzene rings is 1. The molecule has 0 aliphatic carbocycles. The fraction of sp³-hybridized carbons (Fsp3) is 0.167. The van der Waals surface area contributed by atoms with Gasteiger partial charge >= 0.3 is 0 Å². The number of nitrogens with one attached hydrogen (secondary N) is 1. The van der Waals surface area contributed by atoms with Crippen molar-refractivity contribution in [3.63, 3.8) is 0 Å². The molecule has 1 amide bonds. The first-order valence-electron chi connectivity index (χ1n) is 7.70. The number of pyridine rings is 1. The van der Waals surface area contributed by atoms with Gasteiger partial charge in [0, 0.05) is 24.2 Å². The Labute approximate surface area is 149 Å². The molecule has 25 heavy (non-hydrogen) atoms. The lowest BCUT2D eigenvalue weighted by molar-refractivity contribution is 0.102. The Morgan fingerprint density at radius 1 is 1.24 bits per heavy atom. The van der Waals surface area contributed by atoms with Gasteiger partial charge in [-0.15, -0.1) is 0 Å². The summed E-state index contributed by atoms with van der Waals surface area (Å²) in [6.07, 6.45) is 1.66. The molecule has 0 fully saturated rings. The molecule has 0 radical (unpaired) electrons. The monoisotopic (exact) mass is 357 g/mol. The first-order valence-corrected chi connectivity index (χ1v) is 8.08. The highest BCUT2D eigenvalue weighted by molar-refractivity contribution is 6.34. The third kappa shape index (κ3) is 3.97. The number of oxazole rings is 1. The molecule has 2 heterocycles. The number of halogens is 1. The number of rotatable bonds is 5. The van der Waals surface area contributed by atoms with Crippen molar-refractivity contribution in [3.8, 4) is 17.2 Å². The van der Waals surface area contributed by atoms with E-state index in [4.69, 9.17) is 20.8 Å². The van der Waals surface area contributed by atoms with E-state index in [1.807, 2.05) is 19.1 Å². The highest BCUT2D eigenvalue weighted by Crippen LogP contribution is 2.23. The van der Waals surface area contributed by atoms with Crippen LogP contribution in [-0.4, -0.2) is 22.5 Å². The van der Waals surface area contributed by atoms with Crippen LogP contribution < -0.4 is 10.1 Å². The maximum Gasteiger partial charge on any atom is 0.275 e. The SMILES string of the molecule is CCOc1ccc(Cl)c(C(=O)Nc2ccc(-c3cnc(C)o3)cc2)n1. The van der Waals surface area contributed by atoms with Crippen LogP contribution in [0.4, 0.5) is 5.69 Å². The van der Waals surface area contributed by atoms with E-state index in [9.17, 15) is 4.79 Å². The van der Waals surface area contributed by atoms with E-state index in [0.29, 0.717) is 29.8 Å². The summed E-state index contributed by atoms with van der Waals surface area (Å²) in [6.45, 7) is 4.08. The fourth-order valence-corrected chi connectivity index (χ4v) is 2.41. The van der Waals surface area contributed by atoms with Crippen LogP contribution in [0.1, 0.15) is 23.3 Å². The number of aryl methyl sites for hydroxylation is 1. The number of hydrogen-bond donors (Lipinski definition) is 1. The third-order valence-electron chi connectivity index (χ3n) is 3.38. The van der Waals surface area contributed by atoms with Crippen molar-refractivity contribution in [2.75, 3.05) is 11.9 Å². The first-order chi connectivity index (χ1) is 12.1. The predicted molar refractivity (Wildman–Crippen MR) is 95.0 cm³/mol. The lowest BCUT2D eigenvalue weighted by atomic mass is 10.1. The zero-order valence-corrected chi connectivity index (χ0v) is 14.5. The van der Waals surface area contributed by atoms with Gasteiger partial charge in [-0.3, -0.25) is 4.79 Å². The number of hydrogen-bond acceptors (Lipinski definition) is 5. The molecule has 0 unspecified atom stereocenters. The molecule has 0 saturated carbocycles. The average molecular weight is 358 g/mol. The van der Waals surface area contributed by atoms with E-state index in [1.165, 1.54) is 0 Å². The van der Waals surface area contributed by atoms with Crippen LogP contribution in [0.25, 0.3) is 11.3 Å². The minimum Gasteiger partial charge on any atom is -0.478 e. The molecule has 0 aliphatic rings. The maximum absolute atomic E-state index is 12.4. The van der Waals surface area contributed by atoms with Gasteiger partial charge in [-0.05, 0) is 37.3 Å². The second-order valence-electron chi connectivity index (χ2n) is 5.19. The molecule has 0 spiro atoms. The van der Waals surface area contributed by atoms with Crippen molar-refractivity contribution >= 4 is 23.2 Å². The Morgan fingerprint density at radius 2 is 2.00 bits per heavy atom. The summed E-state index contributed by atoms with van der Waals surface area (Å²) in [5, 5.41) is 3.02. The van der Waals surface area contributed by atoms with Gasteiger partial charge in [-0.1, -0.05) is 11.6 Å². The van der Waals surface area contributed by atoms with Gasteiger partial charge in [0.1, 0.15) is 0 Å². The van der Waals surface area contributed by atoms with Crippen LogP contribution in [0.3, 0.4) is 0 Å². The molecule has 1 N–H and O–H groups in total. The topological polar surface area (TPSA) is 77.2 Å². The van der Waals surface area contributed by atoms with E-state index < -0.39 is 5.91 Å². The van der Waals surface area contributed by atoms with Gasteiger partial charge in [-0.2, -0.15) is 0 Å². The van der Waals surface area contributed by atoms with Gasteiger partial charge in [0.2, 0.25) is 5.88 Å². The number of ether oxygens (including phenoxy) is 1. The van der Waals surface area contributed by atoms with Crippen molar-refractivity contribution < 1.29 is 13.9 Å². The summed E-state index contributed by atoms with van der Waals surface area (Å²) in [5.74, 6) is 1.22. The molecule has 2 aromatic heterocycles. The molecule has 1 aromatic carbocycles. The number of amides is 1. The van der Waals surface area contributed by atoms with E-state index >= 15 is 0 Å². The lowest BCUT2D eigenvalue weighted by Gasteiger charge is -2.08. The number of carbonyl (C=O) groups is 1. The standard InChI is InChI=1S/C18H16ClN3O3/c1-3-24-16-9-8-14(19)17(22-16)18(23)21-13-6-4-12(5-7-13)15-10-20-11(2)25-15/h4-10H,3H2,1-2H3,(H,21,23). The summed E-state index contributed by atoms with van der Waals surface area (Å²) < 4.78 is 10.8. The number of anilines is 1. The molecule has 0 atom stereocenters. The van der Waals surface area contributed by atoms with Crippen LogP contribution in [0, 0.1) is 6.92 Å². The van der Waals surface area contributed by atoms with E-state index in [-0.39, 0.29) is 10.7 Å². The molecule has 7 heteroatoms. The summed E-state index contributed by atoms with van der Waals surface area (Å²) in [6, 6.07) is 10.4. The van der Waals surface area contributed by atoms with Gasteiger partial charge < -0.3 is 14.5 Å². The predicted octanol–water partition coefficient (Wildman–Crippen LogP) is 4.35. The van der Waals surface area contributed by atoms with Crippen LogP contribution in [0.5, 0.6) is 5.88 Å². The van der Waals surface area contributed by atoms with Crippen molar-refractivity contribution in [2.45, 2.75) is 13.8 Å². The lowest BCUT2D eigenvalue weighted by Crippen LogP contribution is -2.14. The minimum atomic E-state index is -0.408. The molecule has 6 nitrogen and oxygen atoms in total. The molecule has 0 aliphatic heterocycles. The zero-order chi connectivity index (χ0) is 17.8. The van der Waals surface area contributed by atoms with E-state index in [1.54, 1.807) is 37.4 Å². The Balaban J connectivity index is 1.76. The number of aromatic nitrogens is 2. The van der Waals surface area contributed by atoms with Gasteiger partial charge in [-0.25, -0.2) is 9.97 Å². The van der Waals surface area contributed by atoms with Crippen LogP contribution in [-0.2, 0) is 0 Å². The van der Waals surface area contributed by atoms with Crippen molar-refractivity contribution in [2.24, 2.45) is 0 Å². The second-order valence-corrected chi connectivity index (χ2v) is 5.60.